The van der Waals surface area contributed by atoms with E-state index in [1.807, 2.05) is 0 Å². The molecule has 4 heteroatoms. The van der Waals surface area contributed by atoms with Crippen LogP contribution in [0.2, 0.25) is 0 Å². The molecule has 1 aliphatic rings. The Bertz CT molecular complexity index is 89.1. The number of hydrogen-bond donors (Lipinski definition) is 2. The number of hydrogen-bond acceptors (Lipinski definition) is 2. The second kappa shape index (κ2) is 8.11. The van der Waals surface area contributed by atoms with Crippen LogP contribution in [0.5, 0.6) is 0 Å². The van der Waals surface area contributed by atoms with Gasteiger partial charge in [0.2, 0.25) is 0 Å². The molecular formula is C8H18Cl2N2. The third-order valence-electron chi connectivity index (χ3n) is 1.95. The molecule has 1 fully saturated rings. The van der Waals surface area contributed by atoms with E-state index in [0.29, 0.717) is 11.8 Å². The van der Waals surface area contributed by atoms with Crippen molar-refractivity contribution >= 4 is 23.2 Å². The summed E-state index contributed by atoms with van der Waals surface area (Å²) in [5, 5.41) is 0. The Kier molecular flexibility index (Phi) is 8.45. The van der Waals surface area contributed by atoms with Gasteiger partial charge in [-0.3, -0.25) is 0 Å². The van der Waals surface area contributed by atoms with Crippen molar-refractivity contribution in [3.8, 4) is 0 Å². The minimum absolute atomic E-state index is 0.281. The molecule has 0 radical (unpaired) electrons. The quantitative estimate of drug-likeness (QED) is 0.651. The fourth-order valence-electron chi connectivity index (χ4n) is 1.19. The Hall–Kier alpha value is 0.500. The van der Waals surface area contributed by atoms with E-state index in [4.69, 9.17) is 34.7 Å². The lowest BCUT2D eigenvalue weighted by molar-refractivity contribution is 0.385. The Morgan fingerprint density at radius 2 is 1.25 bits per heavy atom. The van der Waals surface area contributed by atoms with Crippen molar-refractivity contribution in [1.29, 1.82) is 0 Å². The molecule has 0 aromatic heterocycles. The maximum Gasteiger partial charge on any atom is 0.0359 e. The van der Waals surface area contributed by atoms with Crippen LogP contribution >= 0.6 is 23.2 Å². The zero-order valence-electron chi connectivity index (χ0n) is 7.31. The van der Waals surface area contributed by atoms with Crippen molar-refractivity contribution in [3.05, 3.63) is 0 Å². The van der Waals surface area contributed by atoms with E-state index in [1.165, 1.54) is 12.8 Å². The highest BCUT2D eigenvalue weighted by Crippen LogP contribution is 2.14. The lowest BCUT2D eigenvalue weighted by Crippen LogP contribution is -2.43. The zero-order chi connectivity index (χ0) is 9.40. The molecule has 0 heterocycles. The van der Waals surface area contributed by atoms with Gasteiger partial charge in [0.25, 0.3) is 0 Å². The van der Waals surface area contributed by atoms with Gasteiger partial charge in [-0.2, -0.15) is 0 Å². The van der Waals surface area contributed by atoms with E-state index >= 15 is 0 Å². The molecule has 0 bridgehead atoms. The summed E-state index contributed by atoms with van der Waals surface area (Å²) in [6, 6.07) is 0.562. The van der Waals surface area contributed by atoms with Crippen LogP contribution in [0.1, 0.15) is 25.7 Å². The SMILES string of the molecule is ClCCCl.NC1CCCCC1N. The highest BCUT2D eigenvalue weighted by atomic mass is 35.5. The second-order valence-electron chi connectivity index (χ2n) is 2.99. The molecule has 4 N–H and O–H groups in total. The third-order valence-corrected chi connectivity index (χ3v) is 2.52. The number of nitrogens with two attached hydrogens (primary N) is 2. The van der Waals surface area contributed by atoms with Gasteiger partial charge < -0.3 is 11.5 Å². The summed E-state index contributed by atoms with van der Waals surface area (Å²) >= 11 is 10.1. The van der Waals surface area contributed by atoms with E-state index in [1.54, 1.807) is 0 Å². The summed E-state index contributed by atoms with van der Waals surface area (Å²) in [6.45, 7) is 0. The fraction of sp³-hybridized carbons (Fsp3) is 1.00. The summed E-state index contributed by atoms with van der Waals surface area (Å²) < 4.78 is 0. The van der Waals surface area contributed by atoms with Crippen LogP contribution in [0.4, 0.5) is 0 Å². The van der Waals surface area contributed by atoms with E-state index in [9.17, 15) is 0 Å². The Labute approximate surface area is 84.6 Å². The van der Waals surface area contributed by atoms with Crippen LogP contribution in [-0.2, 0) is 0 Å². The molecule has 1 aliphatic carbocycles. The second-order valence-corrected chi connectivity index (χ2v) is 3.75. The molecule has 0 spiro atoms. The van der Waals surface area contributed by atoms with Crippen LogP contribution in [0, 0.1) is 0 Å². The van der Waals surface area contributed by atoms with Crippen LogP contribution in [0.15, 0.2) is 0 Å². The van der Waals surface area contributed by atoms with Gasteiger partial charge in [0.15, 0.2) is 0 Å². The first-order valence-corrected chi connectivity index (χ1v) is 5.42. The first-order chi connectivity index (χ1) is 5.72. The Morgan fingerprint density at radius 3 is 1.42 bits per heavy atom. The first-order valence-electron chi connectivity index (χ1n) is 4.35. The van der Waals surface area contributed by atoms with Crippen molar-refractivity contribution in [2.45, 2.75) is 37.8 Å². The van der Waals surface area contributed by atoms with Gasteiger partial charge in [-0.1, -0.05) is 12.8 Å². The average molecular weight is 213 g/mol. The van der Waals surface area contributed by atoms with E-state index < -0.39 is 0 Å². The van der Waals surface area contributed by atoms with Crippen LogP contribution < -0.4 is 11.5 Å². The Balaban J connectivity index is 0.000000261. The molecule has 12 heavy (non-hydrogen) atoms. The third kappa shape index (κ3) is 6.06. The molecule has 1 rings (SSSR count). The molecule has 2 atom stereocenters. The monoisotopic (exact) mass is 212 g/mol. The largest absolute Gasteiger partial charge is 0.326 e. The van der Waals surface area contributed by atoms with Crippen LogP contribution in [0.25, 0.3) is 0 Å². The zero-order valence-corrected chi connectivity index (χ0v) is 8.82. The van der Waals surface area contributed by atoms with Gasteiger partial charge in [0.05, 0.1) is 0 Å². The predicted molar refractivity (Wildman–Crippen MR) is 55.9 cm³/mol. The van der Waals surface area contributed by atoms with Crippen molar-refractivity contribution in [3.63, 3.8) is 0 Å². The number of halogens is 2. The Morgan fingerprint density at radius 1 is 0.917 bits per heavy atom. The standard InChI is InChI=1S/C6H14N2.C2H4Cl2/c7-5-3-1-2-4-6(5)8;3-1-2-4/h5-6H,1-4,7-8H2;1-2H2. The molecule has 2 unspecified atom stereocenters. The lowest BCUT2D eigenvalue weighted by Gasteiger charge is -2.24. The van der Waals surface area contributed by atoms with Crippen molar-refractivity contribution in [1.82, 2.24) is 0 Å². The first kappa shape index (κ1) is 12.5. The van der Waals surface area contributed by atoms with Gasteiger partial charge in [-0.25, -0.2) is 0 Å². The topological polar surface area (TPSA) is 52.0 Å². The van der Waals surface area contributed by atoms with E-state index in [2.05, 4.69) is 0 Å². The molecular weight excluding hydrogens is 195 g/mol. The van der Waals surface area contributed by atoms with Gasteiger partial charge >= 0.3 is 0 Å². The molecule has 74 valence electrons. The molecule has 0 aromatic carbocycles. The van der Waals surface area contributed by atoms with Crippen LogP contribution in [-0.4, -0.2) is 23.8 Å². The van der Waals surface area contributed by atoms with Crippen molar-refractivity contribution in [2.75, 3.05) is 11.8 Å². The van der Waals surface area contributed by atoms with Gasteiger partial charge in [-0.15, -0.1) is 23.2 Å². The minimum atomic E-state index is 0.281. The summed E-state index contributed by atoms with van der Waals surface area (Å²) in [6.07, 6.45) is 4.80. The number of rotatable bonds is 1. The fourth-order valence-corrected chi connectivity index (χ4v) is 1.19. The smallest absolute Gasteiger partial charge is 0.0359 e. The highest BCUT2D eigenvalue weighted by molar-refractivity contribution is 6.25. The molecule has 1 saturated carbocycles. The van der Waals surface area contributed by atoms with E-state index in [-0.39, 0.29) is 12.1 Å². The normalized spacial score (nSPS) is 29.0. The minimum Gasteiger partial charge on any atom is -0.326 e. The van der Waals surface area contributed by atoms with Crippen LogP contribution in [0.3, 0.4) is 0 Å². The maximum atomic E-state index is 5.65. The van der Waals surface area contributed by atoms with Crippen molar-refractivity contribution in [2.24, 2.45) is 11.5 Å². The van der Waals surface area contributed by atoms with Gasteiger partial charge in [-0.05, 0) is 12.8 Å². The maximum absolute atomic E-state index is 5.65. The van der Waals surface area contributed by atoms with Gasteiger partial charge in [0.1, 0.15) is 0 Å². The summed E-state index contributed by atoms with van der Waals surface area (Å²) in [5.74, 6) is 1.11. The summed E-state index contributed by atoms with van der Waals surface area (Å²) in [5.41, 5.74) is 11.3. The highest BCUT2D eigenvalue weighted by Gasteiger charge is 2.16. The predicted octanol–water partition coefficient (Wildman–Crippen LogP) is 1.68. The summed E-state index contributed by atoms with van der Waals surface area (Å²) in [4.78, 5) is 0. The summed E-state index contributed by atoms with van der Waals surface area (Å²) in [7, 11) is 0. The van der Waals surface area contributed by atoms with E-state index in [0.717, 1.165) is 12.8 Å². The molecule has 0 aliphatic heterocycles. The molecule has 2 nitrogen and oxygen atoms in total. The van der Waals surface area contributed by atoms with Gasteiger partial charge in [0, 0.05) is 23.8 Å². The van der Waals surface area contributed by atoms with Crippen molar-refractivity contribution < 1.29 is 0 Å². The number of alkyl halides is 2. The average Bonchev–Trinajstić information content (AvgIpc) is 2.11. The molecule has 0 amide bonds. The lowest BCUT2D eigenvalue weighted by atomic mass is 9.92. The molecule has 0 saturated heterocycles. The molecule has 0 aromatic rings.